The minimum absolute atomic E-state index is 0.0345. The van der Waals surface area contributed by atoms with Gasteiger partial charge in [0.05, 0.1) is 4.92 Å². The third kappa shape index (κ3) is 4.67. The number of hydrogen-bond acceptors (Lipinski definition) is 3. The first-order valence-corrected chi connectivity index (χ1v) is 7.55. The summed E-state index contributed by atoms with van der Waals surface area (Å²) >= 11 is 5.95. The van der Waals surface area contributed by atoms with E-state index in [-0.39, 0.29) is 10.7 Å². The van der Waals surface area contributed by atoms with Gasteiger partial charge in [-0.1, -0.05) is 44.7 Å². The van der Waals surface area contributed by atoms with Crippen LogP contribution < -0.4 is 5.32 Å². The van der Waals surface area contributed by atoms with Crippen LogP contribution in [-0.4, -0.2) is 11.5 Å². The normalized spacial score (nSPS) is 12.2. The van der Waals surface area contributed by atoms with Gasteiger partial charge in [-0.05, 0) is 30.9 Å². The first-order valence-electron chi connectivity index (χ1n) is 7.17. The predicted octanol–water partition coefficient (Wildman–Crippen LogP) is 5.18. The molecule has 0 radical (unpaired) electrons. The third-order valence-corrected chi connectivity index (χ3v) is 3.92. The number of nitro groups is 1. The molecule has 1 aromatic carbocycles. The lowest BCUT2D eigenvalue weighted by atomic mass is 9.99. The van der Waals surface area contributed by atoms with Gasteiger partial charge in [0.15, 0.2) is 0 Å². The van der Waals surface area contributed by atoms with Crippen molar-refractivity contribution in [3.8, 4) is 0 Å². The lowest BCUT2D eigenvalue weighted by molar-refractivity contribution is -0.384. The molecule has 5 heteroatoms. The monoisotopic (exact) mass is 298 g/mol. The van der Waals surface area contributed by atoms with Crippen molar-refractivity contribution >= 4 is 23.0 Å². The summed E-state index contributed by atoms with van der Waals surface area (Å²) < 4.78 is 0. The van der Waals surface area contributed by atoms with Crippen LogP contribution in [0.3, 0.4) is 0 Å². The van der Waals surface area contributed by atoms with Gasteiger partial charge >= 0.3 is 0 Å². The molecule has 0 saturated carbocycles. The Morgan fingerprint density at radius 2 is 2.10 bits per heavy atom. The predicted molar refractivity (Wildman–Crippen MR) is 84.6 cm³/mol. The molecule has 20 heavy (non-hydrogen) atoms. The number of halogens is 1. The van der Waals surface area contributed by atoms with Crippen LogP contribution in [0.15, 0.2) is 12.1 Å². The maximum absolute atomic E-state index is 10.8. The highest BCUT2D eigenvalue weighted by molar-refractivity contribution is 6.33. The quantitative estimate of drug-likeness (QED) is 0.531. The fourth-order valence-electron chi connectivity index (χ4n) is 2.19. The van der Waals surface area contributed by atoms with E-state index in [0.29, 0.717) is 5.92 Å². The number of nitrogens with zero attached hydrogens (tertiary/aromatic N) is 1. The maximum atomic E-state index is 10.8. The van der Waals surface area contributed by atoms with Crippen molar-refractivity contribution in [2.75, 3.05) is 11.9 Å². The molecule has 0 bridgehead atoms. The van der Waals surface area contributed by atoms with Gasteiger partial charge in [0.25, 0.3) is 5.69 Å². The smallest absolute Gasteiger partial charge is 0.288 e. The van der Waals surface area contributed by atoms with E-state index in [1.54, 1.807) is 6.07 Å². The number of anilines is 1. The highest BCUT2D eigenvalue weighted by atomic mass is 35.5. The zero-order valence-electron chi connectivity index (χ0n) is 12.4. The Bertz CT molecular complexity index is 463. The van der Waals surface area contributed by atoms with E-state index < -0.39 is 4.92 Å². The summed E-state index contributed by atoms with van der Waals surface area (Å²) in [6.45, 7) is 7.13. The highest BCUT2D eigenvalue weighted by Crippen LogP contribution is 2.30. The van der Waals surface area contributed by atoms with E-state index in [1.807, 2.05) is 6.92 Å². The van der Waals surface area contributed by atoms with Gasteiger partial charge in [-0.2, -0.15) is 0 Å². The fraction of sp³-hybridized carbons (Fsp3) is 0.600. The maximum Gasteiger partial charge on any atom is 0.288 e. The molecule has 112 valence electrons. The molecular weight excluding hydrogens is 276 g/mol. The van der Waals surface area contributed by atoms with E-state index in [9.17, 15) is 10.1 Å². The van der Waals surface area contributed by atoms with Crippen LogP contribution in [0, 0.1) is 23.0 Å². The standard InChI is InChI=1S/C15H23ClN2O2/c1-4-6-7-12(5-2)10-17-14-9-13(16)15(18(19)20)8-11(14)3/h8-9,12,17H,4-7,10H2,1-3H3. The van der Waals surface area contributed by atoms with E-state index in [0.717, 1.165) is 24.2 Å². The Morgan fingerprint density at radius 3 is 2.65 bits per heavy atom. The van der Waals surface area contributed by atoms with Gasteiger partial charge in [-0.25, -0.2) is 0 Å². The van der Waals surface area contributed by atoms with Crippen molar-refractivity contribution in [3.05, 3.63) is 32.8 Å². The second kappa shape index (κ2) is 8.10. The van der Waals surface area contributed by atoms with E-state index in [2.05, 4.69) is 19.2 Å². The molecule has 1 N–H and O–H groups in total. The van der Waals surface area contributed by atoms with Gasteiger partial charge in [0.1, 0.15) is 5.02 Å². The van der Waals surface area contributed by atoms with Gasteiger partial charge in [0.2, 0.25) is 0 Å². The van der Waals surface area contributed by atoms with Crippen LogP contribution in [0.5, 0.6) is 0 Å². The molecule has 1 atom stereocenters. The molecule has 0 aliphatic carbocycles. The van der Waals surface area contributed by atoms with E-state index in [1.165, 1.54) is 25.3 Å². The van der Waals surface area contributed by atoms with Crippen molar-refractivity contribution < 1.29 is 4.92 Å². The number of rotatable bonds is 8. The number of nitrogens with one attached hydrogen (secondary N) is 1. The lowest BCUT2D eigenvalue weighted by Gasteiger charge is -2.17. The third-order valence-electron chi connectivity index (χ3n) is 3.61. The molecule has 0 saturated heterocycles. The molecule has 1 unspecified atom stereocenters. The minimum atomic E-state index is -0.449. The van der Waals surface area contributed by atoms with Gasteiger partial charge in [-0.15, -0.1) is 0 Å². The molecule has 0 aliphatic heterocycles. The molecule has 0 amide bonds. The van der Waals surface area contributed by atoms with Gasteiger partial charge in [-0.3, -0.25) is 10.1 Å². The zero-order valence-corrected chi connectivity index (χ0v) is 13.2. The number of nitro benzene ring substituents is 1. The second-order valence-corrected chi connectivity index (χ2v) is 5.58. The molecule has 1 rings (SSSR count). The average molecular weight is 299 g/mol. The molecule has 4 nitrogen and oxygen atoms in total. The summed E-state index contributed by atoms with van der Waals surface area (Å²) in [4.78, 5) is 10.4. The van der Waals surface area contributed by atoms with Crippen LogP contribution in [0.4, 0.5) is 11.4 Å². The van der Waals surface area contributed by atoms with Crippen LogP contribution in [-0.2, 0) is 0 Å². The van der Waals surface area contributed by atoms with Crippen LogP contribution in [0.2, 0.25) is 5.02 Å². The van der Waals surface area contributed by atoms with Crippen LogP contribution in [0.25, 0.3) is 0 Å². The van der Waals surface area contributed by atoms with Crippen molar-refractivity contribution in [2.45, 2.75) is 46.5 Å². The molecule has 0 spiro atoms. The Labute approximate surface area is 125 Å². The Morgan fingerprint density at radius 1 is 1.40 bits per heavy atom. The molecule has 0 heterocycles. The van der Waals surface area contributed by atoms with Crippen molar-refractivity contribution in [1.29, 1.82) is 0 Å². The summed E-state index contributed by atoms with van der Waals surface area (Å²) in [6.07, 6.45) is 4.78. The number of hydrogen-bond donors (Lipinski definition) is 1. The first-order chi connectivity index (χ1) is 9.49. The van der Waals surface area contributed by atoms with E-state index in [4.69, 9.17) is 11.6 Å². The number of unbranched alkanes of at least 4 members (excludes halogenated alkanes) is 1. The fourth-order valence-corrected chi connectivity index (χ4v) is 2.43. The summed E-state index contributed by atoms with van der Waals surface area (Å²) in [5.41, 5.74) is 1.70. The van der Waals surface area contributed by atoms with Crippen molar-refractivity contribution in [1.82, 2.24) is 0 Å². The molecular formula is C15H23ClN2O2. The second-order valence-electron chi connectivity index (χ2n) is 5.17. The topological polar surface area (TPSA) is 55.2 Å². The molecule has 0 fully saturated rings. The van der Waals surface area contributed by atoms with Crippen LogP contribution >= 0.6 is 11.6 Å². The van der Waals surface area contributed by atoms with Gasteiger partial charge < -0.3 is 5.32 Å². The molecule has 0 aliphatic rings. The zero-order chi connectivity index (χ0) is 15.1. The summed E-state index contributed by atoms with van der Waals surface area (Å²) in [5.74, 6) is 0.628. The van der Waals surface area contributed by atoms with E-state index >= 15 is 0 Å². The van der Waals surface area contributed by atoms with Crippen molar-refractivity contribution in [3.63, 3.8) is 0 Å². The average Bonchev–Trinajstić information content (AvgIpc) is 2.41. The minimum Gasteiger partial charge on any atom is -0.385 e. The summed E-state index contributed by atoms with van der Waals surface area (Å²) in [6, 6.07) is 3.18. The summed E-state index contributed by atoms with van der Waals surface area (Å²) in [7, 11) is 0. The molecule has 1 aromatic rings. The van der Waals surface area contributed by atoms with Crippen molar-refractivity contribution in [2.24, 2.45) is 5.92 Å². The highest BCUT2D eigenvalue weighted by Gasteiger charge is 2.15. The molecule has 0 aromatic heterocycles. The van der Waals surface area contributed by atoms with Gasteiger partial charge in [0, 0.05) is 18.3 Å². The SMILES string of the molecule is CCCCC(CC)CNc1cc(Cl)c([N+](=O)[O-])cc1C. The number of aryl methyl sites for hydroxylation is 1. The lowest BCUT2D eigenvalue weighted by Crippen LogP contribution is -2.14. The Balaban J connectivity index is 2.73. The largest absolute Gasteiger partial charge is 0.385 e. The Hall–Kier alpha value is -1.29. The number of benzene rings is 1. The van der Waals surface area contributed by atoms with Crippen LogP contribution in [0.1, 0.15) is 45.1 Å². The Kier molecular flexibility index (Phi) is 6.79. The first kappa shape index (κ1) is 16.8. The summed E-state index contributed by atoms with van der Waals surface area (Å²) in [5, 5.41) is 14.4.